The van der Waals surface area contributed by atoms with Crippen LogP contribution >= 0.6 is 0 Å². The molecule has 1 aliphatic heterocycles. The fraction of sp³-hybridized carbons (Fsp3) is 0.462. The van der Waals surface area contributed by atoms with E-state index in [2.05, 4.69) is 10.1 Å². The first-order chi connectivity index (χ1) is 9.57. The van der Waals surface area contributed by atoms with E-state index in [1.807, 2.05) is 0 Å². The number of aromatic nitrogens is 3. The van der Waals surface area contributed by atoms with Gasteiger partial charge in [-0.25, -0.2) is 17.9 Å². The number of aldehydes is 1. The average Bonchev–Trinajstić information content (AvgIpc) is 2.79. The summed E-state index contributed by atoms with van der Waals surface area (Å²) in [5.41, 5.74) is 1.06. The molecule has 0 saturated carbocycles. The fourth-order valence-corrected chi connectivity index (χ4v) is 4.46. The summed E-state index contributed by atoms with van der Waals surface area (Å²) >= 11 is 0. The number of sulfone groups is 1. The second-order valence-corrected chi connectivity index (χ2v) is 7.42. The lowest BCUT2D eigenvalue weighted by atomic mass is 10.0. The molecular formula is C13H15N3O3S. The SMILES string of the molecule is O=Cc1cccc2nc(CC3CCCS(=O)(=O)C3)nn12. The standard InChI is InChI=1S/C13H15N3O3S/c17-8-11-4-1-5-13-14-12(15-16(11)13)7-10-3-2-6-20(18,19)9-10/h1,4-5,8,10H,2-3,6-7,9H2. The van der Waals surface area contributed by atoms with E-state index in [-0.39, 0.29) is 17.4 Å². The van der Waals surface area contributed by atoms with Crippen LogP contribution in [-0.4, -0.2) is 40.8 Å². The van der Waals surface area contributed by atoms with Crippen LogP contribution < -0.4 is 0 Å². The first kappa shape index (κ1) is 13.2. The lowest BCUT2D eigenvalue weighted by Crippen LogP contribution is -2.26. The van der Waals surface area contributed by atoms with Gasteiger partial charge in [0.25, 0.3) is 0 Å². The molecule has 106 valence electrons. The van der Waals surface area contributed by atoms with Crippen molar-refractivity contribution >= 4 is 21.8 Å². The van der Waals surface area contributed by atoms with Crippen LogP contribution in [0, 0.1) is 5.92 Å². The Morgan fingerprint density at radius 1 is 1.40 bits per heavy atom. The summed E-state index contributed by atoms with van der Waals surface area (Å²) in [4.78, 5) is 15.3. The van der Waals surface area contributed by atoms with Gasteiger partial charge in [0, 0.05) is 6.42 Å². The normalized spacial score (nSPS) is 21.9. The maximum absolute atomic E-state index is 11.6. The van der Waals surface area contributed by atoms with Gasteiger partial charge in [-0.1, -0.05) is 6.07 Å². The van der Waals surface area contributed by atoms with Crippen molar-refractivity contribution < 1.29 is 13.2 Å². The van der Waals surface area contributed by atoms with Crippen LogP contribution in [0.25, 0.3) is 5.65 Å². The number of fused-ring (bicyclic) bond motifs is 1. The summed E-state index contributed by atoms with van der Waals surface area (Å²) < 4.78 is 24.8. The van der Waals surface area contributed by atoms with Gasteiger partial charge in [-0.15, -0.1) is 0 Å². The molecule has 1 aliphatic rings. The van der Waals surface area contributed by atoms with E-state index in [1.165, 1.54) is 4.52 Å². The minimum Gasteiger partial charge on any atom is -0.296 e. The molecule has 7 heteroatoms. The maximum atomic E-state index is 11.6. The minimum absolute atomic E-state index is 0.0749. The van der Waals surface area contributed by atoms with Crippen LogP contribution in [0.2, 0.25) is 0 Å². The smallest absolute Gasteiger partial charge is 0.168 e. The molecule has 20 heavy (non-hydrogen) atoms. The zero-order valence-electron chi connectivity index (χ0n) is 10.9. The Hall–Kier alpha value is -1.76. The second-order valence-electron chi connectivity index (χ2n) is 5.19. The molecule has 0 spiro atoms. The van der Waals surface area contributed by atoms with Crippen molar-refractivity contribution in [3.8, 4) is 0 Å². The molecule has 0 bridgehead atoms. The summed E-state index contributed by atoms with van der Waals surface area (Å²) in [6.07, 6.45) is 2.87. The van der Waals surface area contributed by atoms with Crippen molar-refractivity contribution in [1.29, 1.82) is 0 Å². The van der Waals surface area contributed by atoms with Gasteiger partial charge in [0.2, 0.25) is 0 Å². The molecule has 0 radical (unpaired) electrons. The molecule has 1 fully saturated rings. The van der Waals surface area contributed by atoms with Crippen LogP contribution in [0.3, 0.4) is 0 Å². The molecule has 1 atom stereocenters. The summed E-state index contributed by atoms with van der Waals surface area (Å²) in [5.74, 6) is 1.17. The number of pyridine rings is 1. The second kappa shape index (κ2) is 4.97. The van der Waals surface area contributed by atoms with Gasteiger partial charge in [0.1, 0.15) is 5.69 Å². The van der Waals surface area contributed by atoms with Crippen LogP contribution in [-0.2, 0) is 16.3 Å². The van der Waals surface area contributed by atoms with Gasteiger partial charge in [-0.05, 0) is 30.9 Å². The zero-order valence-corrected chi connectivity index (χ0v) is 11.7. The van der Waals surface area contributed by atoms with Crippen LogP contribution in [0.1, 0.15) is 29.2 Å². The highest BCUT2D eigenvalue weighted by atomic mass is 32.2. The van der Waals surface area contributed by atoms with Gasteiger partial charge in [-0.2, -0.15) is 5.10 Å². The third kappa shape index (κ3) is 2.58. The van der Waals surface area contributed by atoms with E-state index in [9.17, 15) is 13.2 Å². The van der Waals surface area contributed by atoms with E-state index in [4.69, 9.17) is 0 Å². The van der Waals surface area contributed by atoms with E-state index in [0.29, 0.717) is 30.0 Å². The lowest BCUT2D eigenvalue weighted by molar-refractivity contribution is 0.111. The van der Waals surface area contributed by atoms with E-state index in [0.717, 1.165) is 12.7 Å². The molecule has 0 N–H and O–H groups in total. The minimum atomic E-state index is -2.91. The highest BCUT2D eigenvalue weighted by Crippen LogP contribution is 2.21. The molecule has 2 aromatic heterocycles. The van der Waals surface area contributed by atoms with E-state index >= 15 is 0 Å². The Morgan fingerprint density at radius 2 is 2.25 bits per heavy atom. The molecule has 3 heterocycles. The Kier molecular flexibility index (Phi) is 3.29. The summed E-state index contributed by atoms with van der Waals surface area (Å²) in [6.45, 7) is 0. The number of nitrogens with zero attached hydrogens (tertiary/aromatic N) is 3. The van der Waals surface area contributed by atoms with Gasteiger partial charge in [0.05, 0.1) is 11.5 Å². The third-order valence-electron chi connectivity index (χ3n) is 3.58. The van der Waals surface area contributed by atoms with Crippen molar-refractivity contribution in [2.45, 2.75) is 19.3 Å². The molecule has 0 aliphatic carbocycles. The van der Waals surface area contributed by atoms with Crippen molar-refractivity contribution in [3.05, 3.63) is 29.7 Å². The van der Waals surface area contributed by atoms with Gasteiger partial charge in [-0.3, -0.25) is 4.79 Å². The largest absolute Gasteiger partial charge is 0.296 e. The first-order valence-corrected chi connectivity index (χ1v) is 8.40. The zero-order chi connectivity index (χ0) is 14.2. The Balaban J connectivity index is 1.86. The molecule has 1 saturated heterocycles. The molecule has 0 amide bonds. The van der Waals surface area contributed by atoms with Gasteiger partial charge in [0.15, 0.2) is 27.6 Å². The van der Waals surface area contributed by atoms with E-state index < -0.39 is 9.84 Å². The summed E-state index contributed by atoms with van der Waals surface area (Å²) in [5, 5.41) is 4.30. The van der Waals surface area contributed by atoms with Crippen molar-refractivity contribution in [3.63, 3.8) is 0 Å². The Labute approximate surface area is 116 Å². The highest BCUT2D eigenvalue weighted by molar-refractivity contribution is 7.91. The number of hydrogen-bond donors (Lipinski definition) is 0. The molecule has 0 aromatic carbocycles. The monoisotopic (exact) mass is 293 g/mol. The summed E-state index contributed by atoms with van der Waals surface area (Å²) in [6, 6.07) is 5.20. The fourth-order valence-electron chi connectivity index (χ4n) is 2.68. The van der Waals surface area contributed by atoms with Gasteiger partial charge >= 0.3 is 0 Å². The van der Waals surface area contributed by atoms with Crippen LogP contribution in [0.15, 0.2) is 18.2 Å². The van der Waals surface area contributed by atoms with E-state index in [1.54, 1.807) is 18.2 Å². The molecule has 6 nitrogen and oxygen atoms in total. The Morgan fingerprint density at radius 3 is 3.00 bits per heavy atom. The first-order valence-electron chi connectivity index (χ1n) is 6.58. The predicted octanol–water partition coefficient (Wildman–Crippen LogP) is 0.909. The highest BCUT2D eigenvalue weighted by Gasteiger charge is 2.26. The quantitative estimate of drug-likeness (QED) is 0.786. The average molecular weight is 293 g/mol. The molecule has 3 rings (SSSR count). The third-order valence-corrected chi connectivity index (χ3v) is 5.47. The molecular weight excluding hydrogens is 278 g/mol. The molecule has 2 aromatic rings. The van der Waals surface area contributed by atoms with Crippen molar-refractivity contribution in [1.82, 2.24) is 14.6 Å². The number of carbonyl (C=O) groups excluding carboxylic acids is 1. The van der Waals surface area contributed by atoms with Crippen molar-refractivity contribution in [2.24, 2.45) is 5.92 Å². The number of carbonyl (C=O) groups is 1. The lowest BCUT2D eigenvalue weighted by Gasteiger charge is -2.20. The molecule has 1 unspecified atom stereocenters. The topological polar surface area (TPSA) is 81.4 Å². The number of rotatable bonds is 3. The summed E-state index contributed by atoms with van der Waals surface area (Å²) in [7, 11) is -2.91. The van der Waals surface area contributed by atoms with Gasteiger partial charge < -0.3 is 0 Å². The van der Waals surface area contributed by atoms with Crippen LogP contribution in [0.4, 0.5) is 0 Å². The van der Waals surface area contributed by atoms with Crippen molar-refractivity contribution in [2.75, 3.05) is 11.5 Å². The van der Waals surface area contributed by atoms with Crippen LogP contribution in [0.5, 0.6) is 0 Å². The number of hydrogen-bond acceptors (Lipinski definition) is 5. The predicted molar refractivity (Wildman–Crippen MR) is 73.5 cm³/mol. The Bertz CT molecular complexity index is 751. The maximum Gasteiger partial charge on any atom is 0.168 e.